The molecule has 0 saturated heterocycles. The van der Waals surface area contributed by atoms with Gasteiger partial charge in [-0.05, 0) is 43.9 Å². The summed E-state index contributed by atoms with van der Waals surface area (Å²) in [6.07, 6.45) is 0.587. The smallest absolute Gasteiger partial charge is 0.119 e. The van der Waals surface area contributed by atoms with Crippen LogP contribution in [-0.4, -0.2) is 15.8 Å². The molecule has 90 valence electrons. The third-order valence-electron chi connectivity index (χ3n) is 2.56. The number of aromatic hydroxyl groups is 1. The Morgan fingerprint density at radius 2 is 1.75 bits per heavy atom. The molecule has 0 unspecified atom stereocenters. The summed E-state index contributed by atoms with van der Waals surface area (Å²) in [4.78, 5) is 0. The number of rotatable bonds is 3. The molecule has 2 N–H and O–H groups in total. The zero-order valence-corrected chi connectivity index (χ0v) is 11.8. The summed E-state index contributed by atoms with van der Waals surface area (Å²) >= 11 is 3.39. The lowest BCUT2D eigenvalue weighted by Crippen LogP contribution is -2.31. The van der Waals surface area contributed by atoms with E-state index in [1.165, 1.54) is 0 Å². The van der Waals surface area contributed by atoms with Crippen LogP contribution in [0.5, 0.6) is 5.75 Å². The third kappa shape index (κ3) is 3.49. The van der Waals surface area contributed by atoms with Gasteiger partial charge in [0.1, 0.15) is 5.75 Å². The van der Waals surface area contributed by atoms with E-state index in [0.717, 1.165) is 10.0 Å². The Kier molecular flexibility index (Phi) is 3.70. The normalized spacial score (nSPS) is 12.9. The Morgan fingerprint density at radius 1 is 1.19 bits per heavy atom. The summed E-state index contributed by atoms with van der Waals surface area (Å²) in [7, 11) is 0. The third-order valence-corrected chi connectivity index (χ3v) is 3.06. The average Bonchev–Trinajstić information content (AvgIpc) is 2.04. The first-order chi connectivity index (χ1) is 7.12. The van der Waals surface area contributed by atoms with Gasteiger partial charge in [-0.3, -0.25) is 0 Å². The summed E-state index contributed by atoms with van der Waals surface area (Å²) in [5.74, 6) is 0.275. The van der Waals surface area contributed by atoms with Gasteiger partial charge in [0.25, 0.3) is 0 Å². The van der Waals surface area contributed by atoms with Gasteiger partial charge in [0.15, 0.2) is 0 Å². The van der Waals surface area contributed by atoms with E-state index < -0.39 is 5.60 Å². The summed E-state index contributed by atoms with van der Waals surface area (Å²) in [6.45, 7) is 7.60. The fourth-order valence-electron chi connectivity index (χ4n) is 2.23. The van der Waals surface area contributed by atoms with Gasteiger partial charge in [-0.1, -0.05) is 29.8 Å². The molecule has 0 heterocycles. The fraction of sp³-hybridized carbons (Fsp3) is 0.538. The molecular weight excluding hydrogens is 268 g/mol. The monoisotopic (exact) mass is 286 g/mol. The molecule has 2 nitrogen and oxygen atoms in total. The molecule has 0 aromatic heterocycles. The van der Waals surface area contributed by atoms with Crippen molar-refractivity contribution >= 4 is 15.9 Å². The number of phenols is 1. The van der Waals surface area contributed by atoms with Crippen molar-refractivity contribution in [1.29, 1.82) is 0 Å². The lowest BCUT2D eigenvalue weighted by atomic mass is 9.76. The minimum atomic E-state index is -0.752. The second kappa shape index (κ2) is 4.38. The van der Waals surface area contributed by atoms with Crippen molar-refractivity contribution in [3.8, 4) is 5.75 Å². The molecule has 1 aromatic rings. The first-order valence-electron chi connectivity index (χ1n) is 5.33. The van der Waals surface area contributed by atoms with Crippen LogP contribution in [0.2, 0.25) is 0 Å². The van der Waals surface area contributed by atoms with Crippen LogP contribution in [0.25, 0.3) is 0 Å². The Hall–Kier alpha value is -0.540. The second-order valence-electron chi connectivity index (χ2n) is 5.53. The molecule has 0 fully saturated rings. The predicted molar refractivity (Wildman–Crippen MR) is 69.7 cm³/mol. The van der Waals surface area contributed by atoms with Gasteiger partial charge in [0.05, 0.1) is 5.60 Å². The van der Waals surface area contributed by atoms with Crippen LogP contribution in [0.1, 0.15) is 39.7 Å². The van der Waals surface area contributed by atoms with Gasteiger partial charge in [0.2, 0.25) is 0 Å². The molecule has 0 aliphatic carbocycles. The van der Waals surface area contributed by atoms with Gasteiger partial charge in [-0.2, -0.15) is 0 Å². The summed E-state index contributed by atoms with van der Waals surface area (Å²) in [5.41, 5.74) is -0.173. The Morgan fingerprint density at radius 3 is 2.25 bits per heavy atom. The van der Waals surface area contributed by atoms with E-state index in [0.29, 0.717) is 6.42 Å². The van der Waals surface area contributed by atoms with E-state index in [1.807, 2.05) is 19.9 Å². The number of hydrogen-bond donors (Lipinski definition) is 2. The molecule has 1 aromatic carbocycles. The Balaban J connectivity index is 3.11. The molecular formula is C13H19BrO2. The van der Waals surface area contributed by atoms with Gasteiger partial charge in [-0.25, -0.2) is 0 Å². The van der Waals surface area contributed by atoms with Crippen molar-refractivity contribution in [3.63, 3.8) is 0 Å². The van der Waals surface area contributed by atoms with Crippen molar-refractivity contribution in [3.05, 3.63) is 28.2 Å². The highest BCUT2D eigenvalue weighted by atomic mass is 79.9. The molecule has 0 aliphatic heterocycles. The van der Waals surface area contributed by atoms with Crippen LogP contribution in [0.3, 0.4) is 0 Å². The molecule has 0 radical (unpaired) electrons. The van der Waals surface area contributed by atoms with Gasteiger partial charge in [0, 0.05) is 10.0 Å². The zero-order chi connectivity index (χ0) is 12.6. The minimum Gasteiger partial charge on any atom is -0.508 e. The first-order valence-corrected chi connectivity index (χ1v) is 6.12. The molecule has 0 saturated carbocycles. The highest BCUT2D eigenvalue weighted by Gasteiger charge is 2.30. The van der Waals surface area contributed by atoms with Crippen LogP contribution in [0.4, 0.5) is 0 Å². The molecule has 0 bridgehead atoms. The topological polar surface area (TPSA) is 40.5 Å². The average molecular weight is 287 g/mol. The summed E-state index contributed by atoms with van der Waals surface area (Å²) < 4.78 is 0.934. The number of halogens is 1. The van der Waals surface area contributed by atoms with E-state index in [2.05, 4.69) is 15.9 Å². The molecule has 1 rings (SSSR count). The first kappa shape index (κ1) is 13.5. The van der Waals surface area contributed by atoms with E-state index in [1.54, 1.807) is 26.0 Å². The van der Waals surface area contributed by atoms with Crippen LogP contribution in [0, 0.1) is 0 Å². The van der Waals surface area contributed by atoms with E-state index >= 15 is 0 Å². The molecule has 0 amide bonds. The number of aliphatic hydroxyl groups is 1. The second-order valence-corrected chi connectivity index (χ2v) is 6.45. The van der Waals surface area contributed by atoms with Gasteiger partial charge >= 0.3 is 0 Å². The predicted octanol–water partition coefficient (Wildman–Crippen LogP) is 3.59. The Bertz CT molecular complexity index is 378. The number of hydrogen-bond acceptors (Lipinski definition) is 2. The van der Waals surface area contributed by atoms with Crippen LogP contribution in [-0.2, 0) is 5.41 Å². The fourth-order valence-corrected chi connectivity index (χ4v) is 2.59. The largest absolute Gasteiger partial charge is 0.508 e. The minimum absolute atomic E-state index is 0.272. The highest BCUT2D eigenvalue weighted by Crippen LogP contribution is 2.38. The zero-order valence-electron chi connectivity index (χ0n) is 10.2. The lowest BCUT2D eigenvalue weighted by Gasteiger charge is -2.32. The molecule has 0 atom stereocenters. The molecule has 16 heavy (non-hydrogen) atoms. The van der Waals surface area contributed by atoms with Crippen molar-refractivity contribution in [2.45, 2.75) is 45.1 Å². The molecule has 0 spiro atoms. The van der Waals surface area contributed by atoms with Crippen LogP contribution < -0.4 is 0 Å². The number of phenolic OH excluding ortho intramolecular Hbond substituents is 1. The summed E-state index contributed by atoms with van der Waals surface area (Å²) in [5, 5.41) is 19.7. The maximum atomic E-state index is 9.88. The SMILES string of the molecule is CC(C)(O)CC(C)(C)c1cc(Br)ccc1O. The highest BCUT2D eigenvalue weighted by molar-refractivity contribution is 9.10. The van der Waals surface area contributed by atoms with Gasteiger partial charge in [-0.15, -0.1) is 0 Å². The van der Waals surface area contributed by atoms with Crippen molar-refractivity contribution < 1.29 is 10.2 Å². The van der Waals surface area contributed by atoms with E-state index in [4.69, 9.17) is 0 Å². The summed E-state index contributed by atoms with van der Waals surface area (Å²) in [6, 6.07) is 5.38. The van der Waals surface area contributed by atoms with Crippen LogP contribution in [0.15, 0.2) is 22.7 Å². The van der Waals surface area contributed by atoms with Crippen LogP contribution >= 0.6 is 15.9 Å². The lowest BCUT2D eigenvalue weighted by molar-refractivity contribution is 0.0497. The van der Waals surface area contributed by atoms with E-state index in [9.17, 15) is 10.2 Å². The quantitative estimate of drug-likeness (QED) is 0.891. The number of benzene rings is 1. The maximum absolute atomic E-state index is 9.88. The van der Waals surface area contributed by atoms with Crippen molar-refractivity contribution in [2.75, 3.05) is 0 Å². The Labute approximate surface area is 105 Å². The standard InChI is InChI=1S/C13H19BrO2/c1-12(2,8-13(3,4)16)10-7-9(14)5-6-11(10)15/h5-7,15-16H,8H2,1-4H3. The molecule has 0 aliphatic rings. The molecule has 3 heteroatoms. The maximum Gasteiger partial charge on any atom is 0.119 e. The van der Waals surface area contributed by atoms with Crippen molar-refractivity contribution in [1.82, 2.24) is 0 Å². The van der Waals surface area contributed by atoms with Gasteiger partial charge < -0.3 is 10.2 Å². The van der Waals surface area contributed by atoms with E-state index in [-0.39, 0.29) is 11.2 Å². The van der Waals surface area contributed by atoms with Crippen molar-refractivity contribution in [2.24, 2.45) is 0 Å².